The van der Waals surface area contributed by atoms with Crippen LogP contribution in [0, 0.1) is 0 Å². The Morgan fingerprint density at radius 1 is 1.14 bits per heavy atom. The van der Waals surface area contributed by atoms with Gasteiger partial charge in [0.1, 0.15) is 18.3 Å². The van der Waals surface area contributed by atoms with E-state index in [0.717, 1.165) is 16.6 Å². The molecule has 1 saturated heterocycles. The summed E-state index contributed by atoms with van der Waals surface area (Å²) in [5, 5.41) is 30.7. The quantitative estimate of drug-likeness (QED) is 0.647. The molecule has 0 saturated carbocycles. The molecule has 1 aliphatic heterocycles. The monoisotopic (exact) mass is 293 g/mol. The van der Waals surface area contributed by atoms with E-state index >= 15 is 0 Å². The molecule has 1 aromatic carbocycles. The molecule has 0 radical (unpaired) electrons. The molecule has 4 N–H and O–H groups in total. The summed E-state index contributed by atoms with van der Waals surface area (Å²) in [6.07, 6.45) is -4.93. The van der Waals surface area contributed by atoms with E-state index in [1.54, 1.807) is 0 Å². The number of aromatic amines is 1. The number of para-hydroxylation sites is 1. The average Bonchev–Trinajstić information content (AvgIpc) is 2.90. The van der Waals surface area contributed by atoms with Crippen LogP contribution in [0.25, 0.3) is 10.9 Å². The summed E-state index contributed by atoms with van der Waals surface area (Å²) in [6, 6.07) is 9.82. The second-order valence-corrected chi connectivity index (χ2v) is 5.34. The first kappa shape index (κ1) is 14.5. The van der Waals surface area contributed by atoms with Crippen LogP contribution in [0.1, 0.15) is 5.69 Å². The SMILES string of the molecule is COC1O[C@H](Cc2cc3ccccc3[nH]2)[C@@H](O)[C@H](O)[C@H]1O. The average molecular weight is 293 g/mol. The molecule has 5 atom stereocenters. The lowest BCUT2D eigenvalue weighted by Gasteiger charge is -2.39. The molecule has 1 aromatic heterocycles. The zero-order valence-electron chi connectivity index (χ0n) is 11.6. The smallest absolute Gasteiger partial charge is 0.186 e. The van der Waals surface area contributed by atoms with E-state index in [4.69, 9.17) is 9.47 Å². The van der Waals surface area contributed by atoms with Crippen molar-refractivity contribution in [2.45, 2.75) is 37.1 Å². The zero-order chi connectivity index (χ0) is 15.0. The minimum atomic E-state index is -1.29. The first-order chi connectivity index (χ1) is 10.1. The summed E-state index contributed by atoms with van der Waals surface area (Å²) in [7, 11) is 1.39. The number of benzene rings is 1. The highest BCUT2D eigenvalue weighted by atomic mass is 16.7. The molecule has 1 unspecified atom stereocenters. The van der Waals surface area contributed by atoms with E-state index in [1.165, 1.54) is 7.11 Å². The lowest BCUT2D eigenvalue weighted by Crippen LogP contribution is -2.58. The molecule has 6 nitrogen and oxygen atoms in total. The molecule has 0 aliphatic carbocycles. The van der Waals surface area contributed by atoms with Gasteiger partial charge in [-0.2, -0.15) is 0 Å². The van der Waals surface area contributed by atoms with Crippen LogP contribution in [0.3, 0.4) is 0 Å². The Hall–Kier alpha value is -1.44. The Morgan fingerprint density at radius 2 is 1.90 bits per heavy atom. The molecular weight excluding hydrogens is 274 g/mol. The standard InChI is InChI=1S/C15H19NO5/c1-20-15-14(19)13(18)12(17)11(21-15)7-9-6-8-4-2-3-5-10(8)16-9/h2-6,11-19H,7H2,1H3/t11-,12-,13+,14-,15?/m1/s1. The fourth-order valence-electron chi connectivity index (χ4n) is 2.74. The summed E-state index contributed by atoms with van der Waals surface area (Å²) in [6.45, 7) is 0. The van der Waals surface area contributed by atoms with Crippen molar-refractivity contribution in [3.8, 4) is 0 Å². The van der Waals surface area contributed by atoms with Crippen molar-refractivity contribution in [3.05, 3.63) is 36.0 Å². The highest BCUT2D eigenvalue weighted by molar-refractivity contribution is 5.80. The number of methoxy groups -OCH3 is 1. The van der Waals surface area contributed by atoms with Crippen LogP contribution in [0.5, 0.6) is 0 Å². The maximum absolute atomic E-state index is 10.1. The normalized spacial score (nSPS) is 33.4. The van der Waals surface area contributed by atoms with E-state index in [1.807, 2.05) is 30.3 Å². The predicted molar refractivity (Wildman–Crippen MR) is 75.7 cm³/mol. The largest absolute Gasteiger partial charge is 0.388 e. The molecule has 2 heterocycles. The van der Waals surface area contributed by atoms with Gasteiger partial charge in [0.05, 0.1) is 6.10 Å². The topological polar surface area (TPSA) is 94.9 Å². The van der Waals surface area contributed by atoms with Gasteiger partial charge in [-0.15, -0.1) is 0 Å². The highest BCUT2D eigenvalue weighted by Gasteiger charge is 2.43. The molecule has 21 heavy (non-hydrogen) atoms. The van der Waals surface area contributed by atoms with Crippen molar-refractivity contribution in [1.82, 2.24) is 4.98 Å². The number of rotatable bonds is 3. The third kappa shape index (κ3) is 2.68. The van der Waals surface area contributed by atoms with Gasteiger partial charge in [-0.25, -0.2) is 0 Å². The van der Waals surface area contributed by atoms with Crippen LogP contribution in [0.15, 0.2) is 30.3 Å². The summed E-state index contributed by atoms with van der Waals surface area (Å²) in [5.41, 5.74) is 1.89. The fraction of sp³-hybridized carbons (Fsp3) is 0.467. The van der Waals surface area contributed by atoms with Gasteiger partial charge in [-0.3, -0.25) is 0 Å². The molecule has 1 aliphatic rings. The Balaban J connectivity index is 1.79. The number of nitrogens with one attached hydrogen (secondary N) is 1. The molecule has 0 bridgehead atoms. The van der Waals surface area contributed by atoms with Crippen molar-refractivity contribution < 1.29 is 24.8 Å². The third-order valence-corrected chi connectivity index (χ3v) is 3.91. The number of hydrogen-bond acceptors (Lipinski definition) is 5. The number of aliphatic hydroxyl groups is 3. The number of aromatic nitrogens is 1. The summed E-state index contributed by atoms with van der Waals surface area (Å²) in [5.74, 6) is 0. The lowest BCUT2D eigenvalue weighted by molar-refractivity contribution is -0.289. The maximum Gasteiger partial charge on any atom is 0.186 e. The van der Waals surface area contributed by atoms with E-state index in [0.29, 0.717) is 6.42 Å². The van der Waals surface area contributed by atoms with Crippen LogP contribution in [-0.2, 0) is 15.9 Å². The first-order valence-electron chi connectivity index (χ1n) is 6.89. The van der Waals surface area contributed by atoms with E-state index in [-0.39, 0.29) is 0 Å². The third-order valence-electron chi connectivity index (χ3n) is 3.91. The molecule has 0 spiro atoms. The Bertz CT molecular complexity index is 578. The minimum Gasteiger partial charge on any atom is -0.388 e. The first-order valence-corrected chi connectivity index (χ1v) is 6.89. The van der Waals surface area contributed by atoms with Crippen molar-refractivity contribution >= 4 is 10.9 Å². The van der Waals surface area contributed by atoms with Gasteiger partial charge in [-0.05, 0) is 17.5 Å². The van der Waals surface area contributed by atoms with Crippen LogP contribution >= 0.6 is 0 Å². The van der Waals surface area contributed by atoms with E-state index in [2.05, 4.69) is 4.98 Å². The molecule has 6 heteroatoms. The second-order valence-electron chi connectivity index (χ2n) is 5.34. The minimum absolute atomic E-state index is 0.388. The van der Waals surface area contributed by atoms with Crippen LogP contribution in [-0.4, -0.2) is 58.1 Å². The number of aliphatic hydroxyl groups excluding tert-OH is 3. The van der Waals surface area contributed by atoms with Gasteiger partial charge in [0.2, 0.25) is 0 Å². The molecule has 1 fully saturated rings. The number of H-pyrrole nitrogens is 1. The highest BCUT2D eigenvalue weighted by Crippen LogP contribution is 2.25. The van der Waals surface area contributed by atoms with Gasteiger partial charge in [0, 0.05) is 24.7 Å². The zero-order valence-corrected chi connectivity index (χ0v) is 11.6. The summed E-state index contributed by atoms with van der Waals surface area (Å²) in [4.78, 5) is 3.25. The molecular formula is C15H19NO5. The summed E-state index contributed by atoms with van der Waals surface area (Å²) < 4.78 is 10.5. The van der Waals surface area contributed by atoms with Crippen molar-refractivity contribution in [2.24, 2.45) is 0 Å². The van der Waals surface area contributed by atoms with Gasteiger partial charge < -0.3 is 29.8 Å². The maximum atomic E-state index is 10.1. The fourth-order valence-corrected chi connectivity index (χ4v) is 2.74. The molecule has 3 rings (SSSR count). The Labute approximate surface area is 121 Å². The van der Waals surface area contributed by atoms with Crippen molar-refractivity contribution in [3.63, 3.8) is 0 Å². The van der Waals surface area contributed by atoms with E-state index in [9.17, 15) is 15.3 Å². The van der Waals surface area contributed by atoms with Gasteiger partial charge >= 0.3 is 0 Å². The summed E-state index contributed by atoms with van der Waals surface area (Å²) >= 11 is 0. The number of ether oxygens (including phenoxy) is 2. The molecule has 114 valence electrons. The Morgan fingerprint density at radius 3 is 2.62 bits per heavy atom. The van der Waals surface area contributed by atoms with Crippen molar-refractivity contribution in [1.29, 1.82) is 0 Å². The second kappa shape index (κ2) is 5.75. The molecule has 0 amide bonds. The predicted octanol–water partition coefficient (Wildman–Crippen LogP) is 0.164. The van der Waals surface area contributed by atoms with Crippen LogP contribution in [0.4, 0.5) is 0 Å². The van der Waals surface area contributed by atoms with Crippen LogP contribution < -0.4 is 0 Å². The van der Waals surface area contributed by atoms with Gasteiger partial charge in [0.15, 0.2) is 6.29 Å². The molecule has 2 aromatic rings. The Kier molecular flexibility index (Phi) is 3.97. The number of fused-ring (bicyclic) bond motifs is 1. The number of hydrogen-bond donors (Lipinski definition) is 4. The lowest BCUT2D eigenvalue weighted by atomic mass is 9.96. The van der Waals surface area contributed by atoms with Crippen molar-refractivity contribution in [2.75, 3.05) is 7.11 Å². The van der Waals surface area contributed by atoms with Gasteiger partial charge in [-0.1, -0.05) is 18.2 Å². The van der Waals surface area contributed by atoms with Gasteiger partial charge in [0.25, 0.3) is 0 Å². The van der Waals surface area contributed by atoms with Crippen LogP contribution in [0.2, 0.25) is 0 Å². The van der Waals surface area contributed by atoms with E-state index < -0.39 is 30.7 Å².